The van der Waals surface area contributed by atoms with Crippen LogP contribution in [0.4, 0.5) is 0 Å². The van der Waals surface area contributed by atoms with Crippen molar-refractivity contribution < 1.29 is 4.79 Å². The van der Waals surface area contributed by atoms with Crippen LogP contribution >= 0.6 is 11.3 Å². The van der Waals surface area contributed by atoms with E-state index in [2.05, 4.69) is 4.98 Å². The first kappa shape index (κ1) is 6.98. The van der Waals surface area contributed by atoms with Gasteiger partial charge in [-0.2, -0.15) is 0 Å². The van der Waals surface area contributed by atoms with Crippen molar-refractivity contribution in [2.45, 2.75) is 19.3 Å². The highest BCUT2D eigenvalue weighted by atomic mass is 32.1. The van der Waals surface area contributed by atoms with Crippen molar-refractivity contribution in [1.29, 1.82) is 0 Å². The minimum atomic E-state index is 0.816. The standard InChI is InChI=1S/C8H9NOS/c10-4-8-7(9-5-11-8)3-6-1-2-6/h4-6H,1-3H2. The molecule has 0 aromatic carbocycles. The summed E-state index contributed by atoms with van der Waals surface area (Å²) in [6, 6.07) is 0. The van der Waals surface area contributed by atoms with Crippen LogP contribution in [0.3, 0.4) is 0 Å². The molecule has 58 valence electrons. The monoisotopic (exact) mass is 167 g/mol. The summed E-state index contributed by atoms with van der Waals surface area (Å²) >= 11 is 1.44. The largest absolute Gasteiger partial charge is 0.297 e. The molecule has 0 atom stereocenters. The zero-order valence-electron chi connectivity index (χ0n) is 6.12. The molecule has 0 N–H and O–H groups in total. The number of carbonyl (C=O) groups is 1. The third kappa shape index (κ3) is 1.48. The fourth-order valence-corrected chi connectivity index (χ4v) is 1.74. The van der Waals surface area contributed by atoms with E-state index in [0.717, 1.165) is 29.2 Å². The summed E-state index contributed by atoms with van der Waals surface area (Å²) in [5.74, 6) is 0.816. The van der Waals surface area contributed by atoms with E-state index in [-0.39, 0.29) is 0 Å². The van der Waals surface area contributed by atoms with Crippen molar-refractivity contribution in [1.82, 2.24) is 4.98 Å². The van der Waals surface area contributed by atoms with Crippen LogP contribution in [0.1, 0.15) is 28.2 Å². The summed E-state index contributed by atoms with van der Waals surface area (Å²) in [7, 11) is 0. The Hall–Kier alpha value is -0.700. The second-order valence-corrected chi connectivity index (χ2v) is 3.82. The molecule has 1 aliphatic rings. The maximum atomic E-state index is 10.5. The maximum Gasteiger partial charge on any atom is 0.161 e. The van der Waals surface area contributed by atoms with Gasteiger partial charge in [0.2, 0.25) is 0 Å². The van der Waals surface area contributed by atoms with Gasteiger partial charge in [-0.05, 0) is 25.2 Å². The van der Waals surface area contributed by atoms with Crippen LogP contribution in [0.2, 0.25) is 0 Å². The second kappa shape index (κ2) is 2.74. The maximum absolute atomic E-state index is 10.5. The molecule has 0 bridgehead atoms. The van der Waals surface area contributed by atoms with Crippen molar-refractivity contribution >= 4 is 17.6 Å². The number of hydrogen-bond acceptors (Lipinski definition) is 3. The molecule has 0 spiro atoms. The quantitative estimate of drug-likeness (QED) is 0.644. The van der Waals surface area contributed by atoms with E-state index in [1.807, 2.05) is 0 Å². The summed E-state index contributed by atoms with van der Waals surface area (Å²) < 4.78 is 0. The van der Waals surface area contributed by atoms with Gasteiger partial charge in [-0.15, -0.1) is 11.3 Å². The lowest BCUT2D eigenvalue weighted by Gasteiger charge is -1.91. The number of carbonyl (C=O) groups excluding carboxylic acids is 1. The van der Waals surface area contributed by atoms with Crippen molar-refractivity contribution in [2.75, 3.05) is 0 Å². The SMILES string of the molecule is O=Cc1scnc1CC1CC1. The fourth-order valence-electron chi connectivity index (χ4n) is 1.12. The molecule has 1 fully saturated rings. The number of aldehydes is 1. The molecule has 0 unspecified atom stereocenters. The first-order chi connectivity index (χ1) is 5.40. The lowest BCUT2D eigenvalue weighted by Crippen LogP contribution is -1.90. The number of thiazole rings is 1. The predicted octanol–water partition coefficient (Wildman–Crippen LogP) is 1.91. The highest BCUT2D eigenvalue weighted by molar-refractivity contribution is 7.11. The van der Waals surface area contributed by atoms with E-state index < -0.39 is 0 Å². The molecule has 11 heavy (non-hydrogen) atoms. The van der Waals surface area contributed by atoms with E-state index in [0.29, 0.717) is 0 Å². The summed E-state index contributed by atoms with van der Waals surface area (Å²) in [4.78, 5) is 15.4. The predicted molar refractivity (Wildman–Crippen MR) is 43.9 cm³/mol. The van der Waals surface area contributed by atoms with Gasteiger partial charge in [0.1, 0.15) is 0 Å². The molecule has 0 saturated heterocycles. The Labute approximate surface area is 69.3 Å². The van der Waals surface area contributed by atoms with Crippen molar-refractivity contribution in [3.05, 3.63) is 16.1 Å². The first-order valence-electron chi connectivity index (χ1n) is 3.77. The lowest BCUT2D eigenvalue weighted by molar-refractivity contribution is 0.112. The van der Waals surface area contributed by atoms with Crippen LogP contribution in [-0.2, 0) is 6.42 Å². The van der Waals surface area contributed by atoms with Crippen molar-refractivity contribution in [3.63, 3.8) is 0 Å². The summed E-state index contributed by atoms with van der Waals surface area (Å²) in [6.45, 7) is 0. The summed E-state index contributed by atoms with van der Waals surface area (Å²) in [5.41, 5.74) is 2.76. The number of rotatable bonds is 3. The Balaban J connectivity index is 2.13. The Kier molecular flexibility index (Phi) is 1.74. The third-order valence-electron chi connectivity index (χ3n) is 1.96. The molecular formula is C8H9NOS. The lowest BCUT2D eigenvalue weighted by atomic mass is 10.2. The molecule has 1 heterocycles. The van der Waals surface area contributed by atoms with Gasteiger partial charge < -0.3 is 0 Å². The van der Waals surface area contributed by atoms with Crippen molar-refractivity contribution in [3.8, 4) is 0 Å². The van der Waals surface area contributed by atoms with Crippen LogP contribution < -0.4 is 0 Å². The van der Waals surface area contributed by atoms with Crippen LogP contribution in [0.15, 0.2) is 5.51 Å². The molecule has 1 aliphatic carbocycles. The third-order valence-corrected chi connectivity index (χ3v) is 2.76. The topological polar surface area (TPSA) is 30.0 Å². The molecule has 2 rings (SSSR count). The molecule has 0 amide bonds. The Morgan fingerprint density at radius 2 is 2.55 bits per heavy atom. The molecule has 2 nitrogen and oxygen atoms in total. The average Bonchev–Trinajstić information content (AvgIpc) is 2.68. The minimum absolute atomic E-state index is 0.816. The second-order valence-electron chi connectivity index (χ2n) is 2.93. The smallest absolute Gasteiger partial charge is 0.161 e. The average molecular weight is 167 g/mol. The van der Waals surface area contributed by atoms with Gasteiger partial charge in [-0.25, -0.2) is 4.98 Å². The van der Waals surface area contributed by atoms with Crippen LogP contribution in [-0.4, -0.2) is 11.3 Å². The van der Waals surface area contributed by atoms with Gasteiger partial charge in [-0.3, -0.25) is 4.79 Å². The molecule has 1 saturated carbocycles. The minimum Gasteiger partial charge on any atom is -0.297 e. The molecular weight excluding hydrogens is 158 g/mol. The van der Waals surface area contributed by atoms with Gasteiger partial charge in [-0.1, -0.05) is 0 Å². The van der Waals surface area contributed by atoms with Crippen molar-refractivity contribution in [2.24, 2.45) is 5.92 Å². The molecule has 1 aromatic rings. The first-order valence-corrected chi connectivity index (χ1v) is 4.65. The van der Waals surface area contributed by atoms with E-state index in [4.69, 9.17) is 0 Å². The molecule has 3 heteroatoms. The Bertz CT molecular complexity index is 265. The normalized spacial score (nSPS) is 16.7. The van der Waals surface area contributed by atoms with Gasteiger partial charge in [0.15, 0.2) is 6.29 Å². The highest BCUT2D eigenvalue weighted by Crippen LogP contribution is 2.33. The molecule has 1 aromatic heterocycles. The summed E-state index contributed by atoms with van der Waals surface area (Å²) in [6.07, 6.45) is 4.55. The van der Waals surface area contributed by atoms with Crippen LogP contribution in [0.5, 0.6) is 0 Å². The highest BCUT2D eigenvalue weighted by Gasteiger charge is 2.23. The molecule has 0 aliphatic heterocycles. The zero-order valence-corrected chi connectivity index (χ0v) is 6.93. The van der Waals surface area contributed by atoms with Gasteiger partial charge in [0.05, 0.1) is 16.1 Å². The zero-order chi connectivity index (χ0) is 7.68. The van der Waals surface area contributed by atoms with Crippen LogP contribution in [0, 0.1) is 5.92 Å². The van der Waals surface area contributed by atoms with E-state index in [9.17, 15) is 4.79 Å². The van der Waals surface area contributed by atoms with E-state index >= 15 is 0 Å². The Morgan fingerprint density at radius 3 is 3.18 bits per heavy atom. The number of nitrogens with zero attached hydrogens (tertiary/aromatic N) is 1. The molecule has 0 radical (unpaired) electrons. The van der Waals surface area contributed by atoms with Gasteiger partial charge >= 0.3 is 0 Å². The number of hydrogen-bond donors (Lipinski definition) is 0. The van der Waals surface area contributed by atoms with E-state index in [1.165, 1.54) is 24.2 Å². The van der Waals surface area contributed by atoms with Gasteiger partial charge in [0, 0.05) is 0 Å². The summed E-state index contributed by atoms with van der Waals surface area (Å²) in [5, 5.41) is 0. The fraction of sp³-hybridized carbons (Fsp3) is 0.500. The van der Waals surface area contributed by atoms with Gasteiger partial charge in [0.25, 0.3) is 0 Å². The number of aromatic nitrogens is 1. The Morgan fingerprint density at radius 1 is 1.73 bits per heavy atom. The van der Waals surface area contributed by atoms with E-state index in [1.54, 1.807) is 5.51 Å². The van der Waals surface area contributed by atoms with Crippen LogP contribution in [0.25, 0.3) is 0 Å².